The summed E-state index contributed by atoms with van der Waals surface area (Å²) >= 11 is 3.64. The number of nitrogens with two attached hydrogens (primary N) is 2. The van der Waals surface area contributed by atoms with E-state index in [9.17, 15) is 9.59 Å². The zero-order valence-electron chi connectivity index (χ0n) is 5.73. The van der Waals surface area contributed by atoms with Crippen LogP contribution >= 0.6 is 12.6 Å². The van der Waals surface area contributed by atoms with Crippen LogP contribution in [-0.4, -0.2) is 34.7 Å². The Morgan fingerprint density at radius 2 is 1.82 bits per heavy atom. The van der Waals surface area contributed by atoms with Gasteiger partial charge >= 0.3 is 5.97 Å². The highest BCUT2D eigenvalue weighted by Gasteiger charge is 2.25. The van der Waals surface area contributed by atoms with Crippen LogP contribution < -0.4 is 11.5 Å². The molecule has 0 aliphatic rings. The quantitative estimate of drug-likeness (QED) is 0.381. The van der Waals surface area contributed by atoms with Gasteiger partial charge in [-0.15, -0.1) is 0 Å². The lowest BCUT2D eigenvalue weighted by molar-refractivity contribution is -0.140. The first-order valence-electron chi connectivity index (χ1n) is 2.88. The minimum absolute atomic E-state index is 0.0951. The molecular formula is C5H10N2O3S. The molecule has 5 nitrogen and oxygen atoms in total. The normalized spacial score (nSPS) is 15.5. The number of Topliss-reactive ketones (excluding diaryl/α,β-unsaturated/α-hetero) is 1. The molecule has 0 radical (unpaired) electrons. The van der Waals surface area contributed by atoms with Crippen molar-refractivity contribution in [1.29, 1.82) is 0 Å². The third-order valence-electron chi connectivity index (χ3n) is 1.20. The highest BCUT2D eigenvalue weighted by molar-refractivity contribution is 7.81. The maximum Gasteiger partial charge on any atom is 0.322 e. The van der Waals surface area contributed by atoms with Crippen molar-refractivity contribution >= 4 is 24.4 Å². The molecule has 0 saturated carbocycles. The lowest BCUT2D eigenvalue weighted by atomic mass is 10.1. The van der Waals surface area contributed by atoms with Gasteiger partial charge in [0.2, 0.25) is 0 Å². The van der Waals surface area contributed by atoms with Crippen LogP contribution in [-0.2, 0) is 9.59 Å². The van der Waals surface area contributed by atoms with E-state index in [-0.39, 0.29) is 5.75 Å². The van der Waals surface area contributed by atoms with Crippen molar-refractivity contribution in [2.24, 2.45) is 11.5 Å². The van der Waals surface area contributed by atoms with E-state index < -0.39 is 23.8 Å². The summed E-state index contributed by atoms with van der Waals surface area (Å²) in [4.78, 5) is 20.9. The van der Waals surface area contributed by atoms with Gasteiger partial charge in [0.15, 0.2) is 5.78 Å². The molecule has 0 saturated heterocycles. The average molecular weight is 178 g/mol. The molecule has 0 aromatic carbocycles. The number of carboxylic acids is 1. The van der Waals surface area contributed by atoms with Crippen molar-refractivity contribution in [3.63, 3.8) is 0 Å². The molecule has 0 aliphatic heterocycles. The Balaban J connectivity index is 4.12. The van der Waals surface area contributed by atoms with Crippen LogP contribution in [0.15, 0.2) is 0 Å². The summed E-state index contributed by atoms with van der Waals surface area (Å²) in [5, 5.41) is 8.31. The average Bonchev–Trinajstić information content (AvgIpc) is 2.00. The number of aliphatic carboxylic acids is 1. The van der Waals surface area contributed by atoms with Gasteiger partial charge in [-0.3, -0.25) is 9.59 Å². The van der Waals surface area contributed by atoms with Crippen molar-refractivity contribution < 1.29 is 14.7 Å². The number of carbonyl (C=O) groups excluding carboxylic acids is 1. The number of hydrogen-bond acceptors (Lipinski definition) is 5. The van der Waals surface area contributed by atoms with E-state index in [4.69, 9.17) is 16.6 Å². The van der Waals surface area contributed by atoms with Crippen molar-refractivity contribution in [1.82, 2.24) is 0 Å². The minimum Gasteiger partial charge on any atom is -0.480 e. The number of thiol groups is 1. The van der Waals surface area contributed by atoms with Crippen molar-refractivity contribution in [3.05, 3.63) is 0 Å². The van der Waals surface area contributed by atoms with Crippen LogP contribution in [0.25, 0.3) is 0 Å². The van der Waals surface area contributed by atoms with Gasteiger partial charge in [0.1, 0.15) is 6.04 Å². The second kappa shape index (κ2) is 4.32. The molecule has 0 aromatic heterocycles. The van der Waals surface area contributed by atoms with Gasteiger partial charge in [0.05, 0.1) is 11.8 Å². The first kappa shape index (κ1) is 10.4. The van der Waals surface area contributed by atoms with Gasteiger partial charge in [-0.25, -0.2) is 0 Å². The van der Waals surface area contributed by atoms with Gasteiger partial charge in [-0.05, 0) is 0 Å². The molecule has 0 bridgehead atoms. The summed E-state index contributed by atoms with van der Waals surface area (Å²) in [5.74, 6) is -1.85. The third-order valence-corrected chi connectivity index (χ3v) is 1.51. The Hall–Kier alpha value is -0.590. The summed E-state index contributed by atoms with van der Waals surface area (Å²) in [5.41, 5.74) is 10.2. The molecular weight excluding hydrogens is 168 g/mol. The summed E-state index contributed by atoms with van der Waals surface area (Å²) in [7, 11) is 0. The summed E-state index contributed by atoms with van der Waals surface area (Å²) < 4.78 is 0. The Bertz CT molecular complexity index is 173. The number of carboxylic acid groups (broad SMARTS) is 1. The number of ketones is 1. The van der Waals surface area contributed by atoms with Crippen molar-refractivity contribution in [2.45, 2.75) is 12.1 Å². The second-order valence-electron chi connectivity index (χ2n) is 2.01. The van der Waals surface area contributed by atoms with E-state index in [1.807, 2.05) is 0 Å². The Labute approximate surface area is 69.2 Å². The monoisotopic (exact) mass is 178 g/mol. The molecule has 0 aromatic rings. The fourth-order valence-corrected chi connectivity index (χ4v) is 0.670. The van der Waals surface area contributed by atoms with Crippen LogP contribution in [0.3, 0.4) is 0 Å². The largest absolute Gasteiger partial charge is 0.480 e. The van der Waals surface area contributed by atoms with Gasteiger partial charge in [0.25, 0.3) is 0 Å². The van der Waals surface area contributed by atoms with Gasteiger partial charge in [-0.2, -0.15) is 12.6 Å². The van der Waals surface area contributed by atoms with Crippen LogP contribution in [0.4, 0.5) is 0 Å². The number of hydrogen-bond donors (Lipinski definition) is 4. The van der Waals surface area contributed by atoms with Crippen molar-refractivity contribution in [2.75, 3.05) is 5.75 Å². The van der Waals surface area contributed by atoms with Gasteiger partial charge in [0, 0.05) is 0 Å². The Morgan fingerprint density at radius 1 is 1.36 bits per heavy atom. The number of rotatable bonds is 4. The smallest absolute Gasteiger partial charge is 0.322 e. The lowest BCUT2D eigenvalue weighted by Crippen LogP contribution is -2.52. The highest BCUT2D eigenvalue weighted by atomic mass is 32.1. The minimum atomic E-state index is -1.34. The second-order valence-corrected chi connectivity index (χ2v) is 2.33. The SMILES string of the molecule is NC(C(=O)O)C(N)C(=O)CS. The van der Waals surface area contributed by atoms with E-state index in [0.717, 1.165) is 0 Å². The maximum atomic E-state index is 10.7. The maximum absolute atomic E-state index is 10.7. The van der Waals surface area contributed by atoms with Gasteiger partial charge < -0.3 is 16.6 Å². The lowest BCUT2D eigenvalue weighted by Gasteiger charge is -2.12. The summed E-state index contributed by atoms with van der Waals surface area (Å²) in [6, 6.07) is -2.50. The van der Waals surface area contributed by atoms with Crippen LogP contribution in [0.1, 0.15) is 0 Å². The van der Waals surface area contributed by atoms with E-state index in [2.05, 4.69) is 12.6 Å². The fraction of sp³-hybridized carbons (Fsp3) is 0.600. The molecule has 2 unspecified atom stereocenters. The molecule has 6 heteroatoms. The topological polar surface area (TPSA) is 106 Å². The molecule has 0 rings (SSSR count). The summed E-state index contributed by atoms with van der Waals surface area (Å²) in [6.07, 6.45) is 0. The zero-order valence-corrected chi connectivity index (χ0v) is 6.62. The molecule has 0 heterocycles. The van der Waals surface area contributed by atoms with Crippen LogP contribution in [0.2, 0.25) is 0 Å². The molecule has 0 aliphatic carbocycles. The van der Waals surface area contributed by atoms with Crippen molar-refractivity contribution in [3.8, 4) is 0 Å². The Kier molecular flexibility index (Phi) is 4.09. The Morgan fingerprint density at radius 3 is 2.09 bits per heavy atom. The molecule has 64 valence electrons. The van der Waals surface area contributed by atoms with E-state index in [1.165, 1.54) is 0 Å². The molecule has 0 amide bonds. The molecule has 11 heavy (non-hydrogen) atoms. The molecule has 2 atom stereocenters. The first-order valence-corrected chi connectivity index (χ1v) is 3.51. The van der Waals surface area contributed by atoms with E-state index >= 15 is 0 Å². The van der Waals surface area contributed by atoms with Crippen LogP contribution in [0.5, 0.6) is 0 Å². The van der Waals surface area contributed by atoms with Crippen LogP contribution in [0, 0.1) is 0 Å². The molecule has 0 spiro atoms. The number of carbonyl (C=O) groups is 2. The van der Waals surface area contributed by atoms with E-state index in [0.29, 0.717) is 0 Å². The predicted octanol–water partition coefficient (Wildman–Crippen LogP) is -1.78. The predicted molar refractivity (Wildman–Crippen MR) is 42.4 cm³/mol. The standard InChI is InChI=1S/C5H10N2O3S/c6-3(2(8)1-11)4(7)5(9)10/h3-4,11H,1,6-7H2,(H,9,10). The van der Waals surface area contributed by atoms with Gasteiger partial charge in [-0.1, -0.05) is 0 Å². The molecule has 0 fully saturated rings. The first-order chi connectivity index (χ1) is 5.00. The highest BCUT2D eigenvalue weighted by Crippen LogP contribution is 1.91. The fourth-order valence-electron chi connectivity index (χ4n) is 0.459. The van der Waals surface area contributed by atoms with E-state index in [1.54, 1.807) is 0 Å². The molecule has 5 N–H and O–H groups in total. The third kappa shape index (κ3) is 2.87. The zero-order chi connectivity index (χ0) is 9.02. The summed E-state index contributed by atoms with van der Waals surface area (Å²) in [6.45, 7) is 0.